The van der Waals surface area contributed by atoms with Crippen LogP contribution in [0.2, 0.25) is 0 Å². The average molecular weight is 409 g/mol. The molecule has 0 spiro atoms. The maximum absolute atomic E-state index is 12.4. The van der Waals surface area contributed by atoms with Crippen LogP contribution in [0.1, 0.15) is 32.6 Å². The number of hydrogen-bond donors (Lipinski definition) is 2. The molecule has 2 aromatic rings. The standard InChI is InChI=1S/C17H19N3O5S2/c1-5-25-15(22)13-9(2)18-17(27-13)20-16(26)19-14(21)10-6-11(23-3)8-12(7-10)24-4/h6-8H,5H2,1-4H3,(H2,18,19,20,21,26). The number of amides is 1. The Labute approximate surface area is 165 Å². The number of esters is 1. The molecule has 8 nitrogen and oxygen atoms in total. The van der Waals surface area contributed by atoms with E-state index in [1.165, 1.54) is 14.2 Å². The van der Waals surface area contributed by atoms with Crippen molar-refractivity contribution in [2.24, 2.45) is 0 Å². The molecule has 0 bridgehead atoms. The molecule has 0 aliphatic rings. The number of anilines is 1. The third-order valence-corrected chi connectivity index (χ3v) is 4.58. The number of thiazole rings is 1. The Morgan fingerprint density at radius 1 is 1.19 bits per heavy atom. The zero-order chi connectivity index (χ0) is 20.0. The first-order chi connectivity index (χ1) is 12.9. The molecule has 0 atom stereocenters. The van der Waals surface area contributed by atoms with Gasteiger partial charge in [0.2, 0.25) is 0 Å². The van der Waals surface area contributed by atoms with Gasteiger partial charge in [-0.3, -0.25) is 10.1 Å². The van der Waals surface area contributed by atoms with Crippen molar-refractivity contribution in [3.8, 4) is 11.5 Å². The highest BCUT2D eigenvalue weighted by atomic mass is 32.1. The van der Waals surface area contributed by atoms with Gasteiger partial charge in [0.25, 0.3) is 5.91 Å². The van der Waals surface area contributed by atoms with Gasteiger partial charge in [-0.05, 0) is 38.2 Å². The zero-order valence-corrected chi connectivity index (χ0v) is 16.9. The third-order valence-electron chi connectivity index (χ3n) is 3.32. The van der Waals surface area contributed by atoms with Crippen molar-refractivity contribution in [1.29, 1.82) is 0 Å². The number of hydrogen-bond acceptors (Lipinski definition) is 8. The van der Waals surface area contributed by atoms with Gasteiger partial charge in [-0.2, -0.15) is 0 Å². The molecular formula is C17H19N3O5S2. The van der Waals surface area contributed by atoms with E-state index in [1.807, 2.05) is 0 Å². The van der Waals surface area contributed by atoms with Gasteiger partial charge in [-0.15, -0.1) is 0 Å². The Morgan fingerprint density at radius 3 is 2.37 bits per heavy atom. The summed E-state index contributed by atoms with van der Waals surface area (Å²) < 4.78 is 15.3. The summed E-state index contributed by atoms with van der Waals surface area (Å²) in [6.07, 6.45) is 0. The summed E-state index contributed by atoms with van der Waals surface area (Å²) >= 11 is 6.24. The largest absolute Gasteiger partial charge is 0.497 e. The molecule has 0 aliphatic heterocycles. The lowest BCUT2D eigenvalue weighted by molar-refractivity contribution is 0.0531. The number of carbonyl (C=O) groups is 2. The number of aromatic nitrogens is 1. The molecule has 1 heterocycles. The maximum Gasteiger partial charge on any atom is 0.350 e. The highest BCUT2D eigenvalue weighted by molar-refractivity contribution is 7.80. The van der Waals surface area contributed by atoms with E-state index in [4.69, 9.17) is 26.4 Å². The fourth-order valence-electron chi connectivity index (χ4n) is 2.08. The first-order valence-corrected chi connectivity index (χ1v) is 9.10. The van der Waals surface area contributed by atoms with E-state index < -0.39 is 11.9 Å². The normalized spacial score (nSPS) is 10.1. The van der Waals surface area contributed by atoms with Gasteiger partial charge >= 0.3 is 5.97 Å². The van der Waals surface area contributed by atoms with E-state index in [0.29, 0.717) is 32.8 Å². The van der Waals surface area contributed by atoms with Gasteiger partial charge in [0, 0.05) is 11.6 Å². The lowest BCUT2D eigenvalue weighted by Crippen LogP contribution is -2.34. The van der Waals surface area contributed by atoms with E-state index in [2.05, 4.69) is 15.6 Å². The van der Waals surface area contributed by atoms with E-state index in [-0.39, 0.29) is 11.7 Å². The molecule has 2 rings (SSSR count). The number of benzene rings is 1. The van der Waals surface area contributed by atoms with Crippen molar-refractivity contribution < 1.29 is 23.8 Å². The number of carbonyl (C=O) groups excluding carboxylic acids is 2. The minimum absolute atomic E-state index is 0.0472. The number of thiocarbonyl (C=S) groups is 1. The molecule has 1 aromatic carbocycles. The highest BCUT2D eigenvalue weighted by Gasteiger charge is 2.18. The molecule has 144 valence electrons. The summed E-state index contributed by atoms with van der Waals surface area (Å²) in [6.45, 7) is 3.70. The predicted molar refractivity (Wildman–Crippen MR) is 106 cm³/mol. The van der Waals surface area contributed by atoms with Crippen LogP contribution >= 0.6 is 23.6 Å². The van der Waals surface area contributed by atoms with Crippen molar-refractivity contribution in [1.82, 2.24) is 10.3 Å². The Hall–Kier alpha value is -2.72. The lowest BCUT2D eigenvalue weighted by atomic mass is 10.2. The second kappa shape index (κ2) is 9.28. The molecular weight excluding hydrogens is 390 g/mol. The zero-order valence-electron chi connectivity index (χ0n) is 15.2. The summed E-state index contributed by atoms with van der Waals surface area (Å²) in [6, 6.07) is 4.78. The Bertz CT molecular complexity index is 844. The van der Waals surface area contributed by atoms with Crippen molar-refractivity contribution in [3.05, 3.63) is 34.3 Å². The topological polar surface area (TPSA) is 98.8 Å². The van der Waals surface area contributed by atoms with Gasteiger partial charge in [0.15, 0.2) is 10.2 Å². The van der Waals surface area contributed by atoms with Crippen LogP contribution in [0, 0.1) is 6.92 Å². The van der Waals surface area contributed by atoms with Crippen LogP contribution in [0.25, 0.3) is 0 Å². The number of aryl methyl sites for hydroxylation is 1. The van der Waals surface area contributed by atoms with Crippen molar-refractivity contribution in [3.63, 3.8) is 0 Å². The van der Waals surface area contributed by atoms with Crippen LogP contribution in [-0.2, 0) is 4.74 Å². The monoisotopic (exact) mass is 409 g/mol. The molecule has 0 fully saturated rings. The van der Waals surface area contributed by atoms with Crippen LogP contribution in [-0.4, -0.2) is 42.8 Å². The Kier molecular flexibility index (Phi) is 7.08. The Balaban J connectivity index is 2.07. The molecule has 10 heteroatoms. The number of rotatable bonds is 6. The molecule has 0 radical (unpaired) electrons. The summed E-state index contributed by atoms with van der Waals surface area (Å²) in [4.78, 5) is 28.8. The quantitative estimate of drug-likeness (QED) is 0.555. The second-order valence-electron chi connectivity index (χ2n) is 5.16. The van der Waals surface area contributed by atoms with Gasteiger partial charge in [0.1, 0.15) is 16.4 Å². The van der Waals surface area contributed by atoms with Gasteiger partial charge in [0.05, 0.1) is 26.5 Å². The number of ether oxygens (including phenoxy) is 3. The van der Waals surface area contributed by atoms with Crippen LogP contribution < -0.4 is 20.1 Å². The smallest absolute Gasteiger partial charge is 0.350 e. The SMILES string of the molecule is CCOC(=O)c1sc(NC(=S)NC(=O)c2cc(OC)cc(OC)c2)nc1C. The molecule has 2 N–H and O–H groups in total. The van der Waals surface area contributed by atoms with Crippen LogP contribution in [0.3, 0.4) is 0 Å². The summed E-state index contributed by atoms with van der Waals surface area (Å²) in [5.41, 5.74) is 0.838. The molecule has 1 amide bonds. The van der Waals surface area contributed by atoms with Crippen LogP contribution in [0.4, 0.5) is 5.13 Å². The predicted octanol–water partition coefficient (Wildman–Crippen LogP) is 2.77. The third kappa shape index (κ3) is 5.38. The lowest BCUT2D eigenvalue weighted by Gasteiger charge is -2.10. The Morgan fingerprint density at radius 2 is 1.81 bits per heavy atom. The number of nitrogens with one attached hydrogen (secondary N) is 2. The minimum atomic E-state index is -0.445. The van der Waals surface area contributed by atoms with E-state index in [9.17, 15) is 9.59 Å². The van der Waals surface area contributed by atoms with Gasteiger partial charge in [-0.25, -0.2) is 9.78 Å². The van der Waals surface area contributed by atoms with Gasteiger partial charge < -0.3 is 19.5 Å². The first-order valence-electron chi connectivity index (χ1n) is 7.87. The fraction of sp³-hybridized carbons (Fsp3) is 0.294. The second-order valence-corrected chi connectivity index (χ2v) is 6.57. The van der Waals surface area contributed by atoms with Crippen molar-refractivity contribution >= 4 is 45.7 Å². The van der Waals surface area contributed by atoms with E-state index in [1.54, 1.807) is 32.0 Å². The van der Waals surface area contributed by atoms with Crippen LogP contribution in [0.5, 0.6) is 11.5 Å². The van der Waals surface area contributed by atoms with Crippen molar-refractivity contribution in [2.75, 3.05) is 26.1 Å². The molecule has 0 unspecified atom stereocenters. The highest BCUT2D eigenvalue weighted by Crippen LogP contribution is 2.24. The summed E-state index contributed by atoms with van der Waals surface area (Å²) in [5.74, 6) is 0.0728. The van der Waals surface area contributed by atoms with Gasteiger partial charge in [-0.1, -0.05) is 11.3 Å². The summed E-state index contributed by atoms with van der Waals surface area (Å²) in [7, 11) is 2.99. The number of nitrogens with zero attached hydrogens (tertiary/aromatic N) is 1. The first kappa shape index (κ1) is 20.6. The molecule has 0 aliphatic carbocycles. The average Bonchev–Trinajstić information content (AvgIpc) is 3.01. The molecule has 27 heavy (non-hydrogen) atoms. The van der Waals surface area contributed by atoms with Crippen LogP contribution in [0.15, 0.2) is 18.2 Å². The molecule has 0 saturated carbocycles. The number of methoxy groups -OCH3 is 2. The molecule has 0 saturated heterocycles. The fourth-order valence-corrected chi connectivity index (χ4v) is 3.20. The van der Waals surface area contributed by atoms with E-state index >= 15 is 0 Å². The van der Waals surface area contributed by atoms with Crippen molar-refractivity contribution in [2.45, 2.75) is 13.8 Å². The summed E-state index contributed by atoms with van der Waals surface area (Å²) in [5, 5.41) is 5.77. The minimum Gasteiger partial charge on any atom is -0.497 e. The van der Waals surface area contributed by atoms with E-state index in [0.717, 1.165) is 11.3 Å². The molecule has 1 aromatic heterocycles. The maximum atomic E-state index is 12.4.